The summed E-state index contributed by atoms with van der Waals surface area (Å²) < 4.78 is 11.7. The van der Waals surface area contributed by atoms with E-state index in [0.29, 0.717) is 23.7 Å². The molecule has 6 heteroatoms. The molecule has 6 nitrogen and oxygen atoms in total. The Morgan fingerprint density at radius 2 is 1.95 bits per heavy atom. The number of hydrogen-bond acceptors (Lipinski definition) is 5. The number of benzene rings is 1. The SMILES string of the molecule is COc1ccc(Cn2ncc(N)cc2=O)cc1OC. The Bertz CT molecular complexity index is 637. The first-order chi connectivity index (χ1) is 9.13. The number of nitrogen functional groups attached to an aromatic ring is 1. The summed E-state index contributed by atoms with van der Waals surface area (Å²) in [5.41, 5.74) is 6.49. The zero-order chi connectivity index (χ0) is 13.8. The maximum Gasteiger partial charge on any atom is 0.269 e. The van der Waals surface area contributed by atoms with Crippen molar-refractivity contribution in [3.05, 3.63) is 46.4 Å². The van der Waals surface area contributed by atoms with Crippen molar-refractivity contribution in [3.8, 4) is 11.5 Å². The van der Waals surface area contributed by atoms with Gasteiger partial charge in [0, 0.05) is 6.07 Å². The number of methoxy groups -OCH3 is 2. The largest absolute Gasteiger partial charge is 0.493 e. The van der Waals surface area contributed by atoms with Crippen LogP contribution >= 0.6 is 0 Å². The lowest BCUT2D eigenvalue weighted by atomic mass is 10.2. The lowest BCUT2D eigenvalue weighted by Crippen LogP contribution is -2.22. The molecule has 1 aromatic carbocycles. The molecule has 2 aromatic rings. The third kappa shape index (κ3) is 2.85. The number of anilines is 1. The van der Waals surface area contributed by atoms with Gasteiger partial charge in [0.2, 0.25) is 0 Å². The van der Waals surface area contributed by atoms with Crippen LogP contribution in [-0.4, -0.2) is 24.0 Å². The summed E-state index contributed by atoms with van der Waals surface area (Å²) >= 11 is 0. The third-order valence-electron chi connectivity index (χ3n) is 2.67. The van der Waals surface area contributed by atoms with Gasteiger partial charge in [-0.1, -0.05) is 6.07 Å². The van der Waals surface area contributed by atoms with Crippen LogP contribution in [0.2, 0.25) is 0 Å². The summed E-state index contributed by atoms with van der Waals surface area (Å²) in [6.45, 7) is 0.347. The fourth-order valence-corrected chi connectivity index (χ4v) is 1.72. The lowest BCUT2D eigenvalue weighted by molar-refractivity contribution is 0.354. The average Bonchev–Trinajstić information content (AvgIpc) is 2.41. The fourth-order valence-electron chi connectivity index (χ4n) is 1.72. The zero-order valence-electron chi connectivity index (χ0n) is 10.8. The van der Waals surface area contributed by atoms with E-state index in [0.717, 1.165) is 5.56 Å². The molecular weight excluding hydrogens is 246 g/mol. The average molecular weight is 261 g/mol. The van der Waals surface area contributed by atoms with Gasteiger partial charge in [0.25, 0.3) is 5.56 Å². The van der Waals surface area contributed by atoms with Crippen molar-refractivity contribution in [1.82, 2.24) is 9.78 Å². The van der Waals surface area contributed by atoms with Crippen molar-refractivity contribution in [2.75, 3.05) is 20.0 Å². The summed E-state index contributed by atoms with van der Waals surface area (Å²) in [5.74, 6) is 1.26. The highest BCUT2D eigenvalue weighted by molar-refractivity contribution is 5.43. The molecule has 0 bridgehead atoms. The first kappa shape index (κ1) is 12.9. The summed E-state index contributed by atoms with van der Waals surface area (Å²) in [7, 11) is 3.14. The minimum absolute atomic E-state index is 0.241. The van der Waals surface area contributed by atoms with Gasteiger partial charge in [0.05, 0.1) is 32.6 Å². The van der Waals surface area contributed by atoms with Gasteiger partial charge in [-0.05, 0) is 17.7 Å². The molecule has 0 radical (unpaired) electrons. The highest BCUT2D eigenvalue weighted by Crippen LogP contribution is 2.27. The Kier molecular flexibility index (Phi) is 3.70. The topological polar surface area (TPSA) is 79.4 Å². The Hall–Kier alpha value is -2.50. The van der Waals surface area contributed by atoms with E-state index >= 15 is 0 Å². The Labute approximate surface area is 110 Å². The summed E-state index contributed by atoms with van der Waals surface area (Å²) in [5, 5.41) is 3.98. The smallest absolute Gasteiger partial charge is 0.269 e. The van der Waals surface area contributed by atoms with E-state index < -0.39 is 0 Å². The number of aromatic nitrogens is 2. The predicted octanol–water partition coefficient (Wildman–Crippen LogP) is 0.891. The molecule has 0 fully saturated rings. The second kappa shape index (κ2) is 5.43. The van der Waals surface area contributed by atoms with Crippen molar-refractivity contribution < 1.29 is 9.47 Å². The Balaban J connectivity index is 2.30. The summed E-state index contributed by atoms with van der Waals surface area (Å²) in [6, 6.07) is 6.79. The number of rotatable bonds is 4. The van der Waals surface area contributed by atoms with E-state index in [1.165, 1.54) is 16.9 Å². The lowest BCUT2D eigenvalue weighted by Gasteiger charge is -2.10. The van der Waals surface area contributed by atoms with Gasteiger partial charge >= 0.3 is 0 Å². The van der Waals surface area contributed by atoms with Gasteiger partial charge in [0.1, 0.15) is 0 Å². The van der Waals surface area contributed by atoms with Gasteiger partial charge in [-0.2, -0.15) is 5.10 Å². The molecule has 0 aliphatic carbocycles. The van der Waals surface area contributed by atoms with E-state index in [1.54, 1.807) is 20.3 Å². The predicted molar refractivity (Wildman–Crippen MR) is 71.6 cm³/mol. The molecule has 0 saturated carbocycles. The Morgan fingerprint density at radius 1 is 1.21 bits per heavy atom. The zero-order valence-corrected chi connectivity index (χ0v) is 10.8. The number of ether oxygens (including phenoxy) is 2. The summed E-state index contributed by atoms with van der Waals surface area (Å²) in [6.07, 6.45) is 1.45. The normalized spacial score (nSPS) is 10.2. The van der Waals surface area contributed by atoms with E-state index in [4.69, 9.17) is 15.2 Å². The molecule has 2 N–H and O–H groups in total. The van der Waals surface area contributed by atoms with E-state index in [-0.39, 0.29) is 5.56 Å². The van der Waals surface area contributed by atoms with Gasteiger partial charge in [-0.15, -0.1) is 0 Å². The van der Waals surface area contributed by atoms with E-state index in [1.807, 2.05) is 12.1 Å². The maximum atomic E-state index is 11.7. The molecule has 1 aromatic heterocycles. The van der Waals surface area contributed by atoms with E-state index in [2.05, 4.69) is 5.10 Å². The van der Waals surface area contributed by atoms with Crippen LogP contribution in [0.1, 0.15) is 5.56 Å². The van der Waals surface area contributed by atoms with Crippen LogP contribution in [0.25, 0.3) is 0 Å². The molecule has 100 valence electrons. The fraction of sp³-hybridized carbons (Fsp3) is 0.231. The number of hydrogen-bond donors (Lipinski definition) is 1. The molecule has 0 saturated heterocycles. The van der Waals surface area contributed by atoms with Crippen LogP contribution in [0, 0.1) is 0 Å². The minimum Gasteiger partial charge on any atom is -0.493 e. The number of nitrogens with zero attached hydrogens (tertiary/aromatic N) is 2. The molecule has 0 spiro atoms. The third-order valence-corrected chi connectivity index (χ3v) is 2.67. The molecule has 0 aliphatic heterocycles. The van der Waals surface area contributed by atoms with Crippen molar-refractivity contribution in [3.63, 3.8) is 0 Å². The van der Waals surface area contributed by atoms with Crippen LogP contribution in [0.3, 0.4) is 0 Å². The van der Waals surface area contributed by atoms with Gasteiger partial charge < -0.3 is 15.2 Å². The number of nitrogens with two attached hydrogens (primary N) is 1. The molecule has 0 unspecified atom stereocenters. The first-order valence-electron chi connectivity index (χ1n) is 5.67. The quantitative estimate of drug-likeness (QED) is 0.884. The second-order valence-corrected chi connectivity index (χ2v) is 3.97. The highest BCUT2D eigenvalue weighted by atomic mass is 16.5. The molecular formula is C13H15N3O3. The minimum atomic E-state index is -0.241. The van der Waals surface area contributed by atoms with Crippen molar-refractivity contribution in [2.24, 2.45) is 0 Å². The van der Waals surface area contributed by atoms with E-state index in [9.17, 15) is 4.79 Å². The molecule has 2 rings (SSSR count). The summed E-state index contributed by atoms with van der Waals surface area (Å²) in [4.78, 5) is 11.7. The molecule has 1 heterocycles. The van der Waals surface area contributed by atoms with Crippen LogP contribution in [0.5, 0.6) is 11.5 Å². The standard InChI is InChI=1S/C13H15N3O3/c1-18-11-4-3-9(5-12(11)19-2)8-16-13(17)6-10(14)7-15-16/h3-7H,8,14H2,1-2H3. The molecule has 19 heavy (non-hydrogen) atoms. The van der Waals surface area contributed by atoms with Crippen LogP contribution in [-0.2, 0) is 6.54 Å². The monoisotopic (exact) mass is 261 g/mol. The van der Waals surface area contributed by atoms with Crippen molar-refractivity contribution in [2.45, 2.75) is 6.54 Å². The molecule has 0 amide bonds. The highest BCUT2D eigenvalue weighted by Gasteiger charge is 2.06. The van der Waals surface area contributed by atoms with Gasteiger partial charge in [-0.3, -0.25) is 4.79 Å². The van der Waals surface area contributed by atoms with Gasteiger partial charge in [-0.25, -0.2) is 4.68 Å². The van der Waals surface area contributed by atoms with Crippen LogP contribution in [0.15, 0.2) is 35.3 Å². The van der Waals surface area contributed by atoms with Gasteiger partial charge in [0.15, 0.2) is 11.5 Å². The molecule has 0 aliphatic rings. The molecule has 0 atom stereocenters. The maximum absolute atomic E-state index is 11.7. The van der Waals surface area contributed by atoms with Crippen molar-refractivity contribution >= 4 is 5.69 Å². The van der Waals surface area contributed by atoms with Crippen LogP contribution in [0.4, 0.5) is 5.69 Å². The first-order valence-corrected chi connectivity index (χ1v) is 5.67. The van der Waals surface area contributed by atoms with Crippen molar-refractivity contribution in [1.29, 1.82) is 0 Å². The second-order valence-electron chi connectivity index (χ2n) is 3.97. The Morgan fingerprint density at radius 3 is 2.58 bits per heavy atom. The van der Waals surface area contributed by atoms with Crippen LogP contribution < -0.4 is 20.8 Å².